The molecule has 1 fully saturated rings. The summed E-state index contributed by atoms with van der Waals surface area (Å²) in [4.78, 5) is 35.0. The van der Waals surface area contributed by atoms with Crippen LogP contribution in [0.2, 0.25) is 0 Å². The highest BCUT2D eigenvalue weighted by atomic mass is 16.6. The fraction of sp³-hybridized carbons (Fsp3) is 0.259. The van der Waals surface area contributed by atoms with Crippen molar-refractivity contribution < 1.29 is 33.5 Å². The molecule has 4 rings (SSSR count). The average molecular weight is 491 g/mol. The number of benzene rings is 3. The highest BCUT2D eigenvalue weighted by molar-refractivity contribution is 5.90. The summed E-state index contributed by atoms with van der Waals surface area (Å²) in [5.74, 6) is -1.08. The smallest absolute Gasteiger partial charge is 0.338 e. The van der Waals surface area contributed by atoms with Gasteiger partial charge in [0.05, 0.1) is 34.9 Å². The highest BCUT2D eigenvalue weighted by Crippen LogP contribution is 2.26. The fourth-order valence-electron chi connectivity index (χ4n) is 3.79. The van der Waals surface area contributed by atoms with Crippen LogP contribution in [0.1, 0.15) is 32.7 Å². The summed E-state index contributed by atoms with van der Waals surface area (Å²) in [5.41, 5.74) is 1.51. The lowest BCUT2D eigenvalue weighted by atomic mass is 10.1. The SMILES string of the molecule is O=C(OC[C@@H]1C[C@@H](OCc2ccccc2)[C@@H](COC(=O)c2ccccc2)O1)c1ccc([N+](=O)[O-])cc1. The van der Waals surface area contributed by atoms with Gasteiger partial charge in [0.1, 0.15) is 19.3 Å². The highest BCUT2D eigenvalue weighted by Gasteiger charge is 2.37. The van der Waals surface area contributed by atoms with E-state index >= 15 is 0 Å². The molecular formula is C27H25NO8. The lowest BCUT2D eigenvalue weighted by Crippen LogP contribution is -2.30. The van der Waals surface area contributed by atoms with Gasteiger partial charge in [0.25, 0.3) is 5.69 Å². The van der Waals surface area contributed by atoms with Crippen molar-refractivity contribution in [3.05, 3.63) is 112 Å². The molecule has 0 spiro atoms. The molecule has 0 saturated carbocycles. The first-order valence-electron chi connectivity index (χ1n) is 11.4. The Morgan fingerprint density at radius 1 is 0.833 bits per heavy atom. The van der Waals surface area contributed by atoms with Gasteiger partial charge in [-0.05, 0) is 29.8 Å². The second-order valence-electron chi connectivity index (χ2n) is 8.23. The maximum absolute atomic E-state index is 12.4. The van der Waals surface area contributed by atoms with E-state index < -0.39 is 29.1 Å². The number of non-ortho nitro benzene ring substituents is 1. The van der Waals surface area contributed by atoms with Gasteiger partial charge in [0.15, 0.2) is 0 Å². The molecule has 1 saturated heterocycles. The molecule has 3 aromatic carbocycles. The van der Waals surface area contributed by atoms with E-state index in [-0.39, 0.29) is 30.6 Å². The van der Waals surface area contributed by atoms with Crippen LogP contribution in [0, 0.1) is 10.1 Å². The molecule has 0 radical (unpaired) electrons. The maximum Gasteiger partial charge on any atom is 0.338 e. The summed E-state index contributed by atoms with van der Waals surface area (Å²) in [7, 11) is 0. The van der Waals surface area contributed by atoms with Gasteiger partial charge in [-0.25, -0.2) is 9.59 Å². The molecule has 3 atom stereocenters. The van der Waals surface area contributed by atoms with E-state index in [9.17, 15) is 19.7 Å². The van der Waals surface area contributed by atoms with Gasteiger partial charge >= 0.3 is 11.9 Å². The minimum absolute atomic E-state index is 0.0139. The van der Waals surface area contributed by atoms with Crippen LogP contribution in [-0.4, -0.2) is 48.4 Å². The van der Waals surface area contributed by atoms with Crippen LogP contribution < -0.4 is 0 Å². The van der Waals surface area contributed by atoms with E-state index in [1.165, 1.54) is 24.3 Å². The van der Waals surface area contributed by atoms with E-state index in [0.29, 0.717) is 18.6 Å². The van der Waals surface area contributed by atoms with Crippen molar-refractivity contribution >= 4 is 17.6 Å². The fourth-order valence-corrected chi connectivity index (χ4v) is 3.79. The first kappa shape index (κ1) is 25.0. The topological polar surface area (TPSA) is 114 Å². The molecule has 36 heavy (non-hydrogen) atoms. The number of nitro benzene ring substituents is 1. The third-order valence-electron chi connectivity index (χ3n) is 5.69. The van der Waals surface area contributed by atoms with E-state index in [1.807, 2.05) is 36.4 Å². The third-order valence-corrected chi connectivity index (χ3v) is 5.69. The first-order valence-corrected chi connectivity index (χ1v) is 11.4. The van der Waals surface area contributed by atoms with Crippen molar-refractivity contribution in [2.75, 3.05) is 13.2 Å². The Hall–Kier alpha value is -4.08. The molecule has 0 bridgehead atoms. The van der Waals surface area contributed by atoms with Gasteiger partial charge in [-0.1, -0.05) is 48.5 Å². The Labute approximate surface area is 207 Å². The van der Waals surface area contributed by atoms with Crippen LogP contribution in [0.5, 0.6) is 0 Å². The lowest BCUT2D eigenvalue weighted by Gasteiger charge is -2.19. The average Bonchev–Trinajstić information content (AvgIpc) is 3.32. The largest absolute Gasteiger partial charge is 0.459 e. The van der Waals surface area contributed by atoms with Gasteiger partial charge in [0.2, 0.25) is 0 Å². The van der Waals surface area contributed by atoms with Crippen LogP contribution in [0.4, 0.5) is 5.69 Å². The summed E-state index contributed by atoms with van der Waals surface area (Å²) in [6, 6.07) is 23.5. The van der Waals surface area contributed by atoms with Crippen molar-refractivity contribution in [3.63, 3.8) is 0 Å². The standard InChI is InChI=1S/C27H25NO8/c29-26(20-9-5-2-6-10-20)35-18-25-24(33-16-19-7-3-1-4-8-19)15-23(36-25)17-34-27(30)21-11-13-22(14-12-21)28(31)32/h1-14,23-25H,15-18H2/t23-,24+,25+/m0/s1. The number of esters is 2. The predicted molar refractivity (Wildman–Crippen MR) is 128 cm³/mol. The molecule has 1 heterocycles. The van der Waals surface area contributed by atoms with Gasteiger partial charge < -0.3 is 18.9 Å². The molecule has 0 N–H and O–H groups in total. The van der Waals surface area contributed by atoms with E-state index in [0.717, 1.165) is 5.56 Å². The molecule has 1 aliphatic heterocycles. The van der Waals surface area contributed by atoms with Crippen LogP contribution >= 0.6 is 0 Å². The zero-order chi connectivity index (χ0) is 25.3. The molecule has 0 aliphatic carbocycles. The molecular weight excluding hydrogens is 466 g/mol. The van der Waals surface area contributed by atoms with Crippen LogP contribution in [0.15, 0.2) is 84.9 Å². The summed E-state index contributed by atoms with van der Waals surface area (Å²) in [6.07, 6.45) is -0.942. The molecule has 0 amide bonds. The Bertz CT molecular complexity index is 1170. The van der Waals surface area contributed by atoms with Gasteiger partial charge in [0, 0.05) is 18.6 Å². The monoisotopic (exact) mass is 491 g/mol. The molecule has 1 aliphatic rings. The van der Waals surface area contributed by atoms with Crippen molar-refractivity contribution in [1.82, 2.24) is 0 Å². The number of hydrogen-bond acceptors (Lipinski definition) is 8. The number of hydrogen-bond donors (Lipinski definition) is 0. The third kappa shape index (κ3) is 6.74. The number of ether oxygens (including phenoxy) is 4. The molecule has 0 aromatic heterocycles. The Morgan fingerprint density at radius 2 is 1.42 bits per heavy atom. The number of carbonyl (C=O) groups is 2. The summed E-state index contributed by atoms with van der Waals surface area (Å²) >= 11 is 0. The molecule has 9 nitrogen and oxygen atoms in total. The summed E-state index contributed by atoms with van der Waals surface area (Å²) in [5, 5.41) is 10.8. The molecule has 186 valence electrons. The zero-order valence-electron chi connectivity index (χ0n) is 19.4. The molecule has 0 unspecified atom stereocenters. The summed E-state index contributed by atoms with van der Waals surface area (Å²) < 4.78 is 22.9. The Balaban J connectivity index is 1.34. The van der Waals surface area contributed by atoms with Gasteiger partial charge in [-0.2, -0.15) is 0 Å². The number of carbonyl (C=O) groups excluding carboxylic acids is 2. The van der Waals surface area contributed by atoms with Crippen LogP contribution in [-0.2, 0) is 25.6 Å². The quantitative estimate of drug-likeness (QED) is 0.234. The first-order chi connectivity index (χ1) is 17.5. The Kier molecular flexibility index (Phi) is 8.38. The minimum atomic E-state index is -0.616. The number of rotatable bonds is 10. The van der Waals surface area contributed by atoms with Crippen LogP contribution in [0.25, 0.3) is 0 Å². The van der Waals surface area contributed by atoms with Gasteiger partial charge in [-0.3, -0.25) is 10.1 Å². The number of nitro groups is 1. The Morgan fingerprint density at radius 3 is 2.06 bits per heavy atom. The van der Waals surface area contributed by atoms with E-state index in [1.54, 1.807) is 24.3 Å². The van der Waals surface area contributed by atoms with E-state index in [4.69, 9.17) is 18.9 Å². The van der Waals surface area contributed by atoms with E-state index in [2.05, 4.69) is 0 Å². The molecule has 9 heteroatoms. The maximum atomic E-state index is 12.4. The summed E-state index contributed by atoms with van der Waals surface area (Å²) in [6.45, 7) is 0.303. The minimum Gasteiger partial charge on any atom is -0.459 e. The van der Waals surface area contributed by atoms with Gasteiger partial charge in [-0.15, -0.1) is 0 Å². The lowest BCUT2D eigenvalue weighted by molar-refractivity contribution is -0.384. The van der Waals surface area contributed by atoms with Crippen molar-refractivity contribution in [2.45, 2.75) is 31.3 Å². The van der Waals surface area contributed by atoms with Crippen LogP contribution in [0.3, 0.4) is 0 Å². The normalized spacial score (nSPS) is 18.9. The van der Waals surface area contributed by atoms with Crippen molar-refractivity contribution in [2.24, 2.45) is 0 Å². The zero-order valence-corrected chi connectivity index (χ0v) is 19.4. The van der Waals surface area contributed by atoms with Crippen molar-refractivity contribution in [3.8, 4) is 0 Å². The second-order valence-corrected chi connectivity index (χ2v) is 8.23. The predicted octanol–water partition coefficient (Wildman–Crippen LogP) is 4.35. The van der Waals surface area contributed by atoms with Crippen molar-refractivity contribution in [1.29, 1.82) is 0 Å². The second kappa shape index (κ2) is 12.1. The molecule has 3 aromatic rings. The number of nitrogens with zero attached hydrogens (tertiary/aromatic N) is 1.